The minimum Gasteiger partial charge on any atom is -0.481 e. The van der Waals surface area contributed by atoms with Crippen molar-refractivity contribution in [2.45, 2.75) is 75.5 Å². The summed E-state index contributed by atoms with van der Waals surface area (Å²) in [6.45, 7) is 0.280. The number of nitrogens with two attached hydrogens (primary N) is 4. The zero-order valence-electron chi connectivity index (χ0n) is 19.7. The molecule has 36 heavy (non-hydrogen) atoms. The summed E-state index contributed by atoms with van der Waals surface area (Å²) in [6, 6.07) is -5.58. The maximum Gasteiger partial charge on any atom is 0.326 e. The van der Waals surface area contributed by atoms with Gasteiger partial charge in [-0.3, -0.25) is 28.8 Å². The maximum atomic E-state index is 12.9. The molecule has 0 aliphatic carbocycles. The molecule has 0 saturated carbocycles. The fraction of sp³-hybridized carbons (Fsp3) is 0.650. The number of primary amides is 2. The van der Waals surface area contributed by atoms with Crippen LogP contribution in [0.2, 0.25) is 0 Å². The molecule has 0 aromatic carbocycles. The molecule has 13 N–H and O–H groups in total. The monoisotopic (exact) mass is 517 g/mol. The van der Waals surface area contributed by atoms with Gasteiger partial charge in [-0.05, 0) is 38.6 Å². The topological polar surface area (TPSA) is 300 Å². The lowest BCUT2D eigenvalue weighted by Gasteiger charge is -2.25. The Labute approximate surface area is 206 Å². The summed E-state index contributed by atoms with van der Waals surface area (Å²) >= 11 is 0. The van der Waals surface area contributed by atoms with Gasteiger partial charge in [0.25, 0.3) is 0 Å². The zero-order chi connectivity index (χ0) is 27.8. The van der Waals surface area contributed by atoms with Gasteiger partial charge in [0.2, 0.25) is 29.5 Å². The normalized spacial score (nSPS) is 13.9. The maximum absolute atomic E-state index is 12.9. The molecule has 0 aromatic heterocycles. The quantitative estimate of drug-likeness (QED) is 0.0743. The summed E-state index contributed by atoms with van der Waals surface area (Å²) in [5, 5.41) is 25.0. The Morgan fingerprint density at radius 2 is 1.19 bits per heavy atom. The second-order valence-corrected chi connectivity index (χ2v) is 8.02. The third-order valence-corrected chi connectivity index (χ3v) is 4.92. The predicted molar refractivity (Wildman–Crippen MR) is 123 cm³/mol. The Morgan fingerprint density at radius 3 is 1.67 bits per heavy atom. The number of carbonyl (C=O) groups excluding carboxylic acids is 5. The van der Waals surface area contributed by atoms with Crippen LogP contribution in [0.3, 0.4) is 0 Å². The van der Waals surface area contributed by atoms with E-state index in [1.165, 1.54) is 0 Å². The second kappa shape index (κ2) is 16.8. The van der Waals surface area contributed by atoms with Crippen molar-refractivity contribution in [1.29, 1.82) is 0 Å². The first kappa shape index (κ1) is 32.2. The van der Waals surface area contributed by atoms with Crippen molar-refractivity contribution in [3.05, 3.63) is 0 Å². The molecule has 16 nitrogen and oxygen atoms in total. The smallest absolute Gasteiger partial charge is 0.326 e. The Morgan fingerprint density at radius 1 is 0.667 bits per heavy atom. The average molecular weight is 518 g/mol. The molecule has 0 radical (unpaired) electrons. The van der Waals surface area contributed by atoms with E-state index in [0.717, 1.165) is 0 Å². The number of carbonyl (C=O) groups is 7. The molecule has 4 atom stereocenters. The van der Waals surface area contributed by atoms with Gasteiger partial charge in [-0.1, -0.05) is 0 Å². The summed E-state index contributed by atoms with van der Waals surface area (Å²) < 4.78 is 0. The van der Waals surface area contributed by atoms with Crippen LogP contribution < -0.4 is 38.9 Å². The van der Waals surface area contributed by atoms with Crippen LogP contribution >= 0.6 is 0 Å². The van der Waals surface area contributed by atoms with Gasteiger partial charge in [-0.15, -0.1) is 0 Å². The van der Waals surface area contributed by atoms with Crippen LogP contribution in [0.25, 0.3) is 0 Å². The van der Waals surface area contributed by atoms with Crippen LogP contribution in [0.5, 0.6) is 0 Å². The number of hydrogen-bond acceptors (Lipinski definition) is 9. The van der Waals surface area contributed by atoms with Crippen LogP contribution in [0, 0.1) is 0 Å². The Kier molecular flexibility index (Phi) is 15.0. The summed E-state index contributed by atoms with van der Waals surface area (Å²) in [6.07, 6.45) is -1.02. The van der Waals surface area contributed by atoms with Crippen molar-refractivity contribution in [3.8, 4) is 0 Å². The van der Waals surface area contributed by atoms with E-state index in [4.69, 9.17) is 28.0 Å². The van der Waals surface area contributed by atoms with Crippen molar-refractivity contribution in [3.63, 3.8) is 0 Å². The number of carboxylic acids is 2. The molecule has 16 heteroatoms. The van der Waals surface area contributed by atoms with Crippen LogP contribution in [-0.2, 0) is 33.6 Å². The van der Waals surface area contributed by atoms with Gasteiger partial charge < -0.3 is 49.1 Å². The highest BCUT2D eigenvalue weighted by molar-refractivity contribution is 5.95. The summed E-state index contributed by atoms with van der Waals surface area (Å²) in [5.41, 5.74) is 21.2. The number of nitrogens with one attached hydrogen (secondary N) is 3. The number of rotatable bonds is 19. The molecule has 0 heterocycles. The van der Waals surface area contributed by atoms with Gasteiger partial charge in [0, 0.05) is 12.8 Å². The average Bonchev–Trinajstić information content (AvgIpc) is 2.78. The van der Waals surface area contributed by atoms with E-state index < -0.39 is 78.5 Å². The lowest BCUT2D eigenvalue weighted by atomic mass is 10.0. The number of hydrogen-bond donors (Lipinski definition) is 9. The fourth-order valence-electron chi connectivity index (χ4n) is 2.95. The minimum atomic E-state index is -1.64. The molecule has 5 amide bonds. The summed E-state index contributed by atoms with van der Waals surface area (Å²) in [4.78, 5) is 82.3. The molecule has 204 valence electrons. The van der Waals surface area contributed by atoms with Gasteiger partial charge in [-0.25, -0.2) is 4.79 Å². The molecule has 0 saturated heterocycles. The summed E-state index contributed by atoms with van der Waals surface area (Å²) in [5.74, 6) is -7.16. The second-order valence-electron chi connectivity index (χ2n) is 8.02. The Balaban J connectivity index is 5.58. The molecule has 4 unspecified atom stereocenters. The molecule has 0 fully saturated rings. The lowest BCUT2D eigenvalue weighted by molar-refractivity contribution is -0.143. The highest BCUT2D eigenvalue weighted by Crippen LogP contribution is 2.06. The van der Waals surface area contributed by atoms with Gasteiger partial charge >= 0.3 is 11.9 Å². The van der Waals surface area contributed by atoms with Crippen molar-refractivity contribution in [2.24, 2.45) is 22.9 Å². The molecular weight excluding hydrogens is 482 g/mol. The van der Waals surface area contributed by atoms with Crippen molar-refractivity contribution < 1.29 is 43.8 Å². The molecule has 0 aromatic rings. The first-order chi connectivity index (χ1) is 16.8. The molecule has 0 spiro atoms. The zero-order valence-corrected chi connectivity index (χ0v) is 19.7. The first-order valence-corrected chi connectivity index (χ1v) is 11.2. The summed E-state index contributed by atoms with van der Waals surface area (Å²) in [7, 11) is 0. The van der Waals surface area contributed by atoms with E-state index in [9.17, 15) is 38.7 Å². The molecule has 0 bridgehead atoms. The molecule has 0 rings (SSSR count). The number of unbranched alkanes of at least 4 members (excludes halogenated alkanes) is 1. The first-order valence-electron chi connectivity index (χ1n) is 11.2. The van der Waals surface area contributed by atoms with Crippen molar-refractivity contribution in [2.75, 3.05) is 6.54 Å². The van der Waals surface area contributed by atoms with Crippen LogP contribution in [-0.4, -0.2) is 82.4 Å². The standard InChI is InChI=1S/C20H35N7O9/c21-8-2-1-3-11(18(33)27-13(20(35)36)9-15(24)29)26-19(34)12(5-7-16(30)31)25-17(32)10(22)4-6-14(23)28/h10-13H,1-9,21-22H2,(H2,23,28)(H2,24,29)(H,25,32)(H,26,34)(H,27,33)(H,30,31)(H,35,36). The molecular formula is C20H35N7O9. The van der Waals surface area contributed by atoms with Gasteiger partial charge in [0.05, 0.1) is 12.5 Å². The van der Waals surface area contributed by atoms with Gasteiger partial charge in [-0.2, -0.15) is 0 Å². The van der Waals surface area contributed by atoms with Crippen LogP contribution in [0.1, 0.15) is 51.4 Å². The van der Waals surface area contributed by atoms with Crippen LogP contribution in [0.4, 0.5) is 0 Å². The third-order valence-electron chi connectivity index (χ3n) is 4.92. The Bertz CT molecular complexity index is 821. The third kappa shape index (κ3) is 13.8. The van der Waals surface area contributed by atoms with Crippen molar-refractivity contribution in [1.82, 2.24) is 16.0 Å². The van der Waals surface area contributed by atoms with Crippen molar-refractivity contribution >= 4 is 41.5 Å². The van der Waals surface area contributed by atoms with E-state index in [0.29, 0.717) is 12.8 Å². The predicted octanol–water partition coefficient (Wildman–Crippen LogP) is -4.01. The van der Waals surface area contributed by atoms with E-state index in [1.807, 2.05) is 0 Å². The molecule has 0 aliphatic heterocycles. The fourth-order valence-corrected chi connectivity index (χ4v) is 2.95. The molecule has 0 aliphatic rings. The highest BCUT2D eigenvalue weighted by Gasteiger charge is 2.31. The van der Waals surface area contributed by atoms with E-state index in [1.54, 1.807) is 0 Å². The van der Waals surface area contributed by atoms with E-state index in [2.05, 4.69) is 16.0 Å². The Hall–Kier alpha value is -3.79. The number of carboxylic acid groups (broad SMARTS) is 2. The number of aliphatic carboxylic acids is 2. The highest BCUT2D eigenvalue weighted by atomic mass is 16.4. The minimum absolute atomic E-state index is 0.0232. The van der Waals surface area contributed by atoms with E-state index >= 15 is 0 Å². The lowest BCUT2D eigenvalue weighted by Crippen LogP contribution is -2.57. The SMILES string of the molecule is NCCCCC(NC(=O)C(CCC(=O)O)NC(=O)C(N)CCC(N)=O)C(=O)NC(CC(N)=O)C(=O)O. The van der Waals surface area contributed by atoms with Crippen LogP contribution in [0.15, 0.2) is 0 Å². The van der Waals surface area contributed by atoms with E-state index in [-0.39, 0.29) is 32.2 Å². The van der Waals surface area contributed by atoms with Gasteiger partial charge in [0.15, 0.2) is 0 Å². The largest absolute Gasteiger partial charge is 0.481 e. The van der Waals surface area contributed by atoms with Gasteiger partial charge in [0.1, 0.15) is 18.1 Å². The number of amides is 5.